The lowest BCUT2D eigenvalue weighted by Crippen LogP contribution is -2.74. The van der Waals surface area contributed by atoms with E-state index in [-0.39, 0.29) is 0 Å². The molecule has 0 aliphatic heterocycles. The fourth-order valence-electron chi connectivity index (χ4n) is 14.0. The summed E-state index contributed by atoms with van der Waals surface area (Å²) in [6.45, 7) is 0. The molecule has 0 bridgehead atoms. The highest BCUT2D eigenvalue weighted by Gasteiger charge is 2.41. The second kappa shape index (κ2) is 20.0. The zero-order chi connectivity index (χ0) is 54.8. The summed E-state index contributed by atoms with van der Waals surface area (Å²) >= 11 is 0. The predicted molar refractivity (Wildman–Crippen MR) is 359 cm³/mol. The maximum absolute atomic E-state index is 2.70. The van der Waals surface area contributed by atoms with Crippen molar-refractivity contribution in [3.05, 3.63) is 328 Å². The molecule has 0 aromatic heterocycles. The lowest BCUT2D eigenvalue weighted by molar-refractivity contribution is 1.58. The van der Waals surface area contributed by atoms with E-state index < -0.39 is 8.07 Å². The number of rotatable bonds is 10. The zero-order valence-electron chi connectivity index (χ0n) is 45.7. The third kappa shape index (κ3) is 8.04. The molecular formula is C82H54Si. The van der Waals surface area contributed by atoms with Crippen LogP contribution in [-0.4, -0.2) is 8.07 Å². The van der Waals surface area contributed by atoms with Gasteiger partial charge in [-0.1, -0.05) is 297 Å². The van der Waals surface area contributed by atoms with Crippen LogP contribution in [0.15, 0.2) is 328 Å². The fraction of sp³-hybridized carbons (Fsp3) is 0. The van der Waals surface area contributed by atoms with Gasteiger partial charge in [0, 0.05) is 0 Å². The van der Waals surface area contributed by atoms with Gasteiger partial charge in [-0.3, -0.25) is 0 Å². The van der Waals surface area contributed by atoms with Gasteiger partial charge in [0.1, 0.15) is 0 Å². The molecule has 16 aromatic carbocycles. The van der Waals surface area contributed by atoms with E-state index in [1.807, 2.05) is 0 Å². The van der Waals surface area contributed by atoms with Crippen molar-refractivity contribution in [2.45, 2.75) is 0 Å². The number of fused-ring (bicyclic) bond motifs is 3. The van der Waals surface area contributed by atoms with Gasteiger partial charge in [0.15, 0.2) is 8.07 Å². The molecule has 0 nitrogen and oxygen atoms in total. The average molecular weight is 1070 g/mol. The first-order valence-corrected chi connectivity index (χ1v) is 30.9. The highest BCUT2D eigenvalue weighted by atomic mass is 28.3. The van der Waals surface area contributed by atoms with Gasteiger partial charge in [-0.25, -0.2) is 0 Å². The van der Waals surface area contributed by atoms with E-state index in [2.05, 4.69) is 328 Å². The summed E-state index contributed by atoms with van der Waals surface area (Å²) in [7, 11) is -2.70. The van der Waals surface area contributed by atoms with Gasteiger partial charge in [-0.2, -0.15) is 0 Å². The van der Waals surface area contributed by atoms with Gasteiger partial charge < -0.3 is 0 Å². The Morgan fingerprint density at radius 2 is 0.542 bits per heavy atom. The molecule has 0 atom stereocenters. The molecule has 0 N–H and O–H groups in total. The molecule has 16 rings (SSSR count). The van der Waals surface area contributed by atoms with Crippen molar-refractivity contribution in [3.8, 4) is 66.8 Å². The van der Waals surface area contributed by atoms with E-state index in [4.69, 9.17) is 0 Å². The third-order valence-electron chi connectivity index (χ3n) is 17.7. The van der Waals surface area contributed by atoms with Crippen LogP contribution < -0.4 is 20.7 Å². The van der Waals surface area contributed by atoms with Crippen LogP contribution in [0.5, 0.6) is 0 Å². The molecule has 83 heavy (non-hydrogen) atoms. The molecule has 0 saturated heterocycles. The van der Waals surface area contributed by atoms with Crippen LogP contribution >= 0.6 is 0 Å². The maximum atomic E-state index is 2.47. The normalized spacial score (nSPS) is 11.9. The van der Waals surface area contributed by atoms with Crippen LogP contribution in [0.4, 0.5) is 0 Å². The monoisotopic (exact) mass is 1070 g/mol. The van der Waals surface area contributed by atoms with E-state index in [1.165, 1.54) is 152 Å². The van der Waals surface area contributed by atoms with E-state index >= 15 is 0 Å². The van der Waals surface area contributed by atoms with Crippen molar-refractivity contribution in [3.63, 3.8) is 0 Å². The lowest BCUT2D eigenvalue weighted by atomic mass is 9.83. The first kappa shape index (κ1) is 48.5. The Bertz CT molecular complexity index is 4950. The number of benzene rings is 16. The Kier molecular flexibility index (Phi) is 11.7. The summed E-state index contributed by atoms with van der Waals surface area (Å²) in [5.74, 6) is 0. The maximum Gasteiger partial charge on any atom is 0.179 e. The molecule has 16 aromatic rings. The first-order valence-electron chi connectivity index (χ1n) is 28.9. The summed E-state index contributed by atoms with van der Waals surface area (Å²) in [6, 6.07) is 123. The highest BCUT2D eigenvalue weighted by Crippen LogP contribution is 2.48. The van der Waals surface area contributed by atoms with Crippen LogP contribution in [0, 0.1) is 0 Å². The molecule has 0 heterocycles. The topological polar surface area (TPSA) is 0 Å². The van der Waals surface area contributed by atoms with Crippen molar-refractivity contribution in [1.82, 2.24) is 0 Å². The molecule has 0 fully saturated rings. The van der Waals surface area contributed by atoms with Gasteiger partial charge >= 0.3 is 0 Å². The molecule has 386 valence electrons. The van der Waals surface area contributed by atoms with Gasteiger partial charge in [0.2, 0.25) is 0 Å². The SMILES string of the molecule is c1ccc(-c2c3ccccc3c(-c3cc(-c4cccc(-c5ccc([Si](c6ccccc6)(c6ccccc6)c6ccccc6)cc5)c4)cc(-c4ccc5ccc6c(-c7ccc8ccccc8c7)ccc7ccc4c5c76)c3)c3ccccc23)cc1. The standard InChI is InChI=1S/C82H54Si/c1-5-21-57(22-6-1)79-73-32-15-17-34-75(73)80(76-35-18-16-33-74(76)79)66-53-64(52-65(54-66)72-47-41-59-42-48-77-71(46-40-58-43-49-78(72)82(59)81(58)77)63-37-36-55-20-13-14-23-60(55)51-63)62-25-19-24-61(50-62)56-38-44-70(45-39-56)83(67-26-7-2-8-27-67,68-28-9-3-10-29-68)69-30-11-4-12-31-69/h1-54H. The Morgan fingerprint density at radius 1 is 0.169 bits per heavy atom. The smallest absolute Gasteiger partial charge is 0.0623 e. The third-order valence-corrected chi connectivity index (χ3v) is 22.5. The number of hydrogen-bond donors (Lipinski definition) is 0. The summed E-state index contributed by atoms with van der Waals surface area (Å²) < 4.78 is 0. The molecule has 0 aliphatic carbocycles. The lowest BCUT2D eigenvalue weighted by Gasteiger charge is -2.34. The summed E-state index contributed by atoms with van der Waals surface area (Å²) in [4.78, 5) is 0. The second-order valence-corrected chi connectivity index (χ2v) is 26.0. The quantitative estimate of drug-likeness (QED) is 0.0554. The van der Waals surface area contributed by atoms with E-state index in [1.54, 1.807) is 0 Å². The van der Waals surface area contributed by atoms with Crippen molar-refractivity contribution >= 4 is 93.5 Å². The van der Waals surface area contributed by atoms with Crippen LogP contribution in [0.25, 0.3) is 131 Å². The van der Waals surface area contributed by atoms with Crippen LogP contribution in [-0.2, 0) is 0 Å². The van der Waals surface area contributed by atoms with Crippen molar-refractivity contribution in [2.24, 2.45) is 0 Å². The Balaban J connectivity index is 0.897. The van der Waals surface area contributed by atoms with Crippen LogP contribution in [0.1, 0.15) is 0 Å². The van der Waals surface area contributed by atoms with Crippen molar-refractivity contribution in [1.29, 1.82) is 0 Å². The zero-order valence-corrected chi connectivity index (χ0v) is 46.7. The second-order valence-electron chi connectivity index (χ2n) is 22.2. The molecule has 1 heteroatoms. The van der Waals surface area contributed by atoms with Gasteiger partial charge in [0.25, 0.3) is 0 Å². The Morgan fingerprint density at radius 3 is 1.10 bits per heavy atom. The van der Waals surface area contributed by atoms with Gasteiger partial charge in [-0.05, 0) is 182 Å². The molecule has 0 unspecified atom stereocenters. The van der Waals surface area contributed by atoms with Crippen molar-refractivity contribution in [2.75, 3.05) is 0 Å². The predicted octanol–water partition coefficient (Wildman–Crippen LogP) is 19.4. The minimum Gasteiger partial charge on any atom is -0.0623 e. The fourth-order valence-corrected chi connectivity index (χ4v) is 18.7. The van der Waals surface area contributed by atoms with E-state index in [0.717, 1.165) is 0 Å². The summed E-state index contributed by atoms with van der Waals surface area (Å²) in [5.41, 5.74) is 14.5. The average Bonchev–Trinajstić information content (AvgIpc) is 3.74. The van der Waals surface area contributed by atoms with E-state index in [9.17, 15) is 0 Å². The minimum absolute atomic E-state index is 1.17. The molecule has 0 saturated carbocycles. The summed E-state index contributed by atoms with van der Waals surface area (Å²) in [5, 5.41) is 20.6. The molecule has 0 radical (unpaired) electrons. The Labute approximate surface area is 484 Å². The minimum atomic E-state index is -2.70. The van der Waals surface area contributed by atoms with Gasteiger partial charge in [0.05, 0.1) is 0 Å². The van der Waals surface area contributed by atoms with E-state index in [0.29, 0.717) is 0 Å². The van der Waals surface area contributed by atoms with Crippen LogP contribution in [0.2, 0.25) is 0 Å². The highest BCUT2D eigenvalue weighted by molar-refractivity contribution is 7.19. The molecular weight excluding hydrogens is 1010 g/mol. The number of hydrogen-bond acceptors (Lipinski definition) is 0. The van der Waals surface area contributed by atoms with Gasteiger partial charge in [-0.15, -0.1) is 0 Å². The largest absolute Gasteiger partial charge is 0.179 e. The molecule has 0 spiro atoms. The first-order chi connectivity index (χ1) is 41.2. The summed E-state index contributed by atoms with van der Waals surface area (Å²) in [6.07, 6.45) is 0. The van der Waals surface area contributed by atoms with Crippen molar-refractivity contribution < 1.29 is 0 Å². The molecule has 0 aliphatic rings. The molecule has 0 amide bonds. The van der Waals surface area contributed by atoms with Crippen LogP contribution in [0.3, 0.4) is 0 Å². The Hall–Kier alpha value is -10.4.